The molecule has 23 heavy (non-hydrogen) atoms. The Kier molecular flexibility index (Phi) is 6.56. The van der Waals surface area contributed by atoms with Crippen molar-refractivity contribution >= 4 is 17.5 Å². The van der Waals surface area contributed by atoms with Crippen LogP contribution < -0.4 is 10.6 Å². The first kappa shape index (κ1) is 17.4. The molecular weight excluding hydrogens is 315 g/mol. The predicted molar refractivity (Wildman–Crippen MR) is 91.0 cm³/mol. The van der Waals surface area contributed by atoms with E-state index in [9.17, 15) is 9.18 Å². The van der Waals surface area contributed by atoms with E-state index in [2.05, 4.69) is 10.6 Å². The van der Waals surface area contributed by atoms with E-state index in [4.69, 9.17) is 11.6 Å². The molecule has 2 aromatic carbocycles. The van der Waals surface area contributed by atoms with Crippen molar-refractivity contribution in [3.05, 3.63) is 70.5 Å². The van der Waals surface area contributed by atoms with Crippen LogP contribution in [0.3, 0.4) is 0 Å². The summed E-state index contributed by atoms with van der Waals surface area (Å²) < 4.78 is 12.8. The summed E-state index contributed by atoms with van der Waals surface area (Å²) in [7, 11) is 0. The zero-order valence-electron chi connectivity index (χ0n) is 13.0. The summed E-state index contributed by atoms with van der Waals surface area (Å²) in [6, 6.07) is 13.8. The second-order valence-electron chi connectivity index (χ2n) is 5.35. The highest BCUT2D eigenvalue weighted by atomic mass is 35.5. The topological polar surface area (TPSA) is 41.1 Å². The summed E-state index contributed by atoms with van der Waals surface area (Å²) in [4.78, 5) is 11.8. The molecule has 0 spiro atoms. The Morgan fingerprint density at radius 1 is 1.17 bits per heavy atom. The maximum atomic E-state index is 12.8. The summed E-state index contributed by atoms with van der Waals surface area (Å²) in [6.45, 7) is 2.70. The molecule has 0 saturated carbocycles. The lowest BCUT2D eigenvalue weighted by atomic mass is 10.1. The Morgan fingerprint density at radius 3 is 2.57 bits per heavy atom. The van der Waals surface area contributed by atoms with Crippen LogP contribution in [0.5, 0.6) is 0 Å². The van der Waals surface area contributed by atoms with Crippen molar-refractivity contribution in [1.82, 2.24) is 10.6 Å². The van der Waals surface area contributed by atoms with Crippen molar-refractivity contribution in [2.45, 2.75) is 19.4 Å². The zero-order chi connectivity index (χ0) is 16.7. The Labute approximate surface area is 140 Å². The van der Waals surface area contributed by atoms with Crippen molar-refractivity contribution in [3.8, 4) is 0 Å². The number of halogens is 2. The van der Waals surface area contributed by atoms with Crippen LogP contribution in [0.4, 0.5) is 4.39 Å². The van der Waals surface area contributed by atoms with Crippen molar-refractivity contribution in [1.29, 1.82) is 0 Å². The van der Waals surface area contributed by atoms with E-state index in [1.54, 1.807) is 12.1 Å². The van der Waals surface area contributed by atoms with Gasteiger partial charge in [0, 0.05) is 17.6 Å². The van der Waals surface area contributed by atoms with E-state index in [0.29, 0.717) is 18.0 Å². The van der Waals surface area contributed by atoms with E-state index in [0.717, 1.165) is 11.1 Å². The van der Waals surface area contributed by atoms with Crippen LogP contribution in [0.15, 0.2) is 48.5 Å². The third-order valence-corrected chi connectivity index (χ3v) is 3.93. The van der Waals surface area contributed by atoms with Crippen molar-refractivity contribution in [3.63, 3.8) is 0 Å². The first-order chi connectivity index (χ1) is 11.1. The summed E-state index contributed by atoms with van der Waals surface area (Å²) in [6.07, 6.45) is 0.673. The van der Waals surface area contributed by atoms with Gasteiger partial charge in [-0.1, -0.05) is 41.9 Å². The minimum absolute atomic E-state index is 0.00783. The molecule has 0 aliphatic carbocycles. The molecule has 1 amide bonds. The number of amides is 1. The molecule has 0 aromatic heterocycles. The Balaban J connectivity index is 1.71. The maximum absolute atomic E-state index is 12.8. The number of benzene rings is 2. The van der Waals surface area contributed by atoms with E-state index in [-0.39, 0.29) is 24.3 Å². The quantitative estimate of drug-likeness (QED) is 0.813. The number of carbonyl (C=O) groups excluding carboxylic acids is 1. The summed E-state index contributed by atoms with van der Waals surface area (Å²) in [5.74, 6) is -0.332. The molecule has 0 saturated heterocycles. The largest absolute Gasteiger partial charge is 0.355 e. The monoisotopic (exact) mass is 334 g/mol. The Hall–Kier alpha value is -1.91. The first-order valence-corrected chi connectivity index (χ1v) is 7.93. The molecule has 0 fully saturated rings. The molecule has 2 N–H and O–H groups in total. The van der Waals surface area contributed by atoms with Gasteiger partial charge in [-0.05, 0) is 42.7 Å². The van der Waals surface area contributed by atoms with Gasteiger partial charge >= 0.3 is 0 Å². The number of rotatable bonds is 7. The van der Waals surface area contributed by atoms with Gasteiger partial charge < -0.3 is 10.6 Å². The lowest BCUT2D eigenvalue weighted by molar-refractivity contribution is -0.120. The van der Waals surface area contributed by atoms with Crippen LogP contribution in [0.2, 0.25) is 5.02 Å². The standard InChI is InChI=1S/C18H20ClFN2O/c1-13(16-4-2-3-5-17(16)19)22-12-18(23)21-11-10-14-6-8-15(20)9-7-14/h2-9,13,22H,10-12H2,1H3,(H,21,23). The average molecular weight is 335 g/mol. The predicted octanol–water partition coefficient (Wildman–Crippen LogP) is 3.49. The van der Waals surface area contributed by atoms with Crippen LogP contribution in [0.25, 0.3) is 0 Å². The van der Waals surface area contributed by atoms with Crippen molar-refractivity contribution in [2.75, 3.05) is 13.1 Å². The summed E-state index contributed by atoms with van der Waals surface area (Å²) in [5.41, 5.74) is 1.96. The van der Waals surface area contributed by atoms with Crippen molar-refractivity contribution < 1.29 is 9.18 Å². The molecule has 0 bridgehead atoms. The fraction of sp³-hybridized carbons (Fsp3) is 0.278. The molecule has 0 aliphatic rings. The smallest absolute Gasteiger partial charge is 0.233 e. The van der Waals surface area contributed by atoms with Gasteiger partial charge in [-0.3, -0.25) is 4.79 Å². The molecule has 3 nitrogen and oxygen atoms in total. The molecule has 1 atom stereocenters. The number of hydrogen-bond donors (Lipinski definition) is 2. The molecule has 2 rings (SSSR count). The van der Waals surface area contributed by atoms with Gasteiger partial charge in [0.05, 0.1) is 6.54 Å². The maximum Gasteiger partial charge on any atom is 0.233 e. The van der Waals surface area contributed by atoms with Crippen LogP contribution >= 0.6 is 11.6 Å². The van der Waals surface area contributed by atoms with Gasteiger partial charge in [0.15, 0.2) is 0 Å². The van der Waals surface area contributed by atoms with E-state index in [1.807, 2.05) is 31.2 Å². The van der Waals surface area contributed by atoms with Gasteiger partial charge in [-0.25, -0.2) is 4.39 Å². The summed E-state index contributed by atoms with van der Waals surface area (Å²) in [5, 5.41) is 6.67. The lowest BCUT2D eigenvalue weighted by Crippen LogP contribution is -2.36. The molecule has 122 valence electrons. The molecule has 2 aromatic rings. The van der Waals surface area contributed by atoms with Gasteiger partial charge in [-0.2, -0.15) is 0 Å². The Morgan fingerprint density at radius 2 is 1.87 bits per heavy atom. The lowest BCUT2D eigenvalue weighted by Gasteiger charge is -2.15. The van der Waals surface area contributed by atoms with Crippen LogP contribution in [-0.2, 0) is 11.2 Å². The second kappa shape index (κ2) is 8.65. The SMILES string of the molecule is CC(NCC(=O)NCCc1ccc(F)cc1)c1ccccc1Cl. The minimum Gasteiger partial charge on any atom is -0.355 e. The van der Waals surface area contributed by atoms with Crippen LogP contribution in [0, 0.1) is 5.82 Å². The van der Waals surface area contributed by atoms with E-state index < -0.39 is 0 Å². The van der Waals surface area contributed by atoms with E-state index in [1.165, 1.54) is 12.1 Å². The molecule has 0 aliphatic heterocycles. The summed E-state index contributed by atoms with van der Waals surface area (Å²) >= 11 is 6.13. The van der Waals surface area contributed by atoms with Gasteiger partial charge in [0.1, 0.15) is 5.82 Å². The average Bonchev–Trinajstić information content (AvgIpc) is 2.55. The zero-order valence-corrected chi connectivity index (χ0v) is 13.7. The molecule has 5 heteroatoms. The highest BCUT2D eigenvalue weighted by Gasteiger charge is 2.10. The highest BCUT2D eigenvalue weighted by Crippen LogP contribution is 2.21. The normalized spacial score (nSPS) is 12.0. The number of carbonyl (C=O) groups is 1. The van der Waals surface area contributed by atoms with Crippen molar-refractivity contribution in [2.24, 2.45) is 0 Å². The fourth-order valence-electron chi connectivity index (χ4n) is 2.24. The van der Waals surface area contributed by atoms with Crippen LogP contribution in [0.1, 0.15) is 24.1 Å². The second-order valence-corrected chi connectivity index (χ2v) is 5.76. The number of hydrogen-bond acceptors (Lipinski definition) is 2. The molecule has 1 unspecified atom stereocenters. The van der Waals surface area contributed by atoms with Crippen LogP contribution in [-0.4, -0.2) is 19.0 Å². The fourth-order valence-corrected chi connectivity index (χ4v) is 2.54. The third kappa shape index (κ3) is 5.66. The minimum atomic E-state index is -0.254. The first-order valence-electron chi connectivity index (χ1n) is 7.55. The van der Waals surface area contributed by atoms with E-state index >= 15 is 0 Å². The van der Waals surface area contributed by atoms with Gasteiger partial charge in [-0.15, -0.1) is 0 Å². The molecular formula is C18H20ClFN2O. The van der Waals surface area contributed by atoms with Gasteiger partial charge in [0.2, 0.25) is 5.91 Å². The molecule has 0 heterocycles. The number of nitrogens with one attached hydrogen (secondary N) is 2. The van der Waals surface area contributed by atoms with Gasteiger partial charge in [0.25, 0.3) is 0 Å². The third-order valence-electron chi connectivity index (χ3n) is 3.59. The highest BCUT2D eigenvalue weighted by molar-refractivity contribution is 6.31. The Bertz CT molecular complexity index is 646. The molecule has 0 radical (unpaired) electrons.